The highest BCUT2D eigenvalue weighted by Gasteiger charge is 2.30. The average molecular weight is 445 g/mol. The van der Waals surface area contributed by atoms with Crippen LogP contribution in [0.1, 0.15) is 43.4 Å². The van der Waals surface area contributed by atoms with E-state index in [1.807, 2.05) is 35.1 Å². The number of aromatic nitrogens is 3. The molecule has 8 heteroatoms. The fourth-order valence-electron chi connectivity index (χ4n) is 3.81. The van der Waals surface area contributed by atoms with Gasteiger partial charge >= 0.3 is 0 Å². The number of fused-ring (bicyclic) bond motifs is 1. The number of hydrogen-bond donors (Lipinski definition) is 1. The summed E-state index contributed by atoms with van der Waals surface area (Å²) in [6.45, 7) is 7.42. The molecule has 1 atom stereocenters. The largest absolute Gasteiger partial charge is 0.467 e. The lowest BCUT2D eigenvalue weighted by atomic mass is 9.72. The normalized spacial score (nSPS) is 16.5. The van der Waals surface area contributed by atoms with Crippen molar-refractivity contribution in [3.63, 3.8) is 0 Å². The van der Waals surface area contributed by atoms with Crippen LogP contribution in [-0.2, 0) is 31.2 Å². The van der Waals surface area contributed by atoms with Crippen LogP contribution in [0.5, 0.6) is 0 Å². The predicted octanol–water partition coefficient (Wildman–Crippen LogP) is 4.70. The molecule has 0 aromatic carbocycles. The summed E-state index contributed by atoms with van der Waals surface area (Å²) in [5, 5.41) is 12.3. The van der Waals surface area contributed by atoms with Gasteiger partial charge in [-0.2, -0.15) is 0 Å². The van der Waals surface area contributed by atoms with Crippen molar-refractivity contribution in [3.05, 3.63) is 40.7 Å². The predicted molar refractivity (Wildman–Crippen MR) is 121 cm³/mol. The van der Waals surface area contributed by atoms with E-state index in [9.17, 15) is 4.79 Å². The lowest BCUT2D eigenvalue weighted by Crippen LogP contribution is -2.26. The molecule has 30 heavy (non-hydrogen) atoms. The highest BCUT2D eigenvalue weighted by Crippen LogP contribution is 2.42. The zero-order valence-electron chi connectivity index (χ0n) is 17.9. The lowest BCUT2D eigenvalue weighted by molar-refractivity contribution is -0.118. The fraction of sp³-hybridized carbons (Fsp3) is 0.500. The number of rotatable bonds is 6. The Labute approximate surface area is 185 Å². The number of hydrogen-bond acceptors (Lipinski definition) is 6. The van der Waals surface area contributed by atoms with Crippen molar-refractivity contribution in [1.29, 1.82) is 0 Å². The van der Waals surface area contributed by atoms with Gasteiger partial charge in [0.2, 0.25) is 5.91 Å². The standard InChI is InChI=1S/C22H28N4O2S2/c1-22(2,3)15-7-8-17-14(10-15)11-18(30-17)20-24-25-21(26(20)4)29-13-19(27)23-12-16-6-5-9-28-16/h5-6,9,11,15H,7-8,10,12-13H2,1-4H3,(H,23,27). The molecule has 6 nitrogen and oxygen atoms in total. The number of furan rings is 1. The Morgan fingerprint density at radius 1 is 1.40 bits per heavy atom. The van der Waals surface area contributed by atoms with Crippen molar-refractivity contribution in [1.82, 2.24) is 20.1 Å². The van der Waals surface area contributed by atoms with Crippen LogP contribution in [-0.4, -0.2) is 26.4 Å². The second kappa shape index (κ2) is 8.59. The zero-order chi connectivity index (χ0) is 21.3. The maximum Gasteiger partial charge on any atom is 0.230 e. The van der Waals surface area contributed by atoms with Gasteiger partial charge in [-0.05, 0) is 54.4 Å². The number of nitrogens with zero attached hydrogens (tertiary/aromatic N) is 3. The summed E-state index contributed by atoms with van der Waals surface area (Å²) < 4.78 is 7.22. The molecule has 1 amide bonds. The molecule has 1 N–H and O–H groups in total. The molecule has 0 fully saturated rings. The summed E-state index contributed by atoms with van der Waals surface area (Å²) in [6.07, 6.45) is 5.15. The molecule has 4 rings (SSSR count). The number of carbonyl (C=O) groups excluding carboxylic acids is 1. The van der Waals surface area contributed by atoms with Gasteiger partial charge in [0.25, 0.3) is 0 Å². The second-order valence-electron chi connectivity index (χ2n) is 8.87. The quantitative estimate of drug-likeness (QED) is 0.558. The summed E-state index contributed by atoms with van der Waals surface area (Å²) in [7, 11) is 1.97. The molecule has 0 saturated heterocycles. The molecule has 0 spiro atoms. The van der Waals surface area contributed by atoms with Gasteiger partial charge < -0.3 is 14.3 Å². The van der Waals surface area contributed by atoms with E-state index in [0.717, 1.165) is 35.5 Å². The Kier molecular flexibility index (Phi) is 6.06. The van der Waals surface area contributed by atoms with Crippen molar-refractivity contribution in [2.45, 2.75) is 51.7 Å². The topological polar surface area (TPSA) is 73.0 Å². The van der Waals surface area contributed by atoms with E-state index in [1.165, 1.54) is 33.5 Å². The van der Waals surface area contributed by atoms with E-state index in [-0.39, 0.29) is 5.91 Å². The number of amides is 1. The maximum absolute atomic E-state index is 12.1. The van der Waals surface area contributed by atoms with Crippen LogP contribution in [0.15, 0.2) is 34.0 Å². The third kappa shape index (κ3) is 4.64. The van der Waals surface area contributed by atoms with Crippen LogP contribution in [0.2, 0.25) is 0 Å². The Balaban J connectivity index is 1.39. The van der Waals surface area contributed by atoms with E-state index in [2.05, 4.69) is 42.4 Å². The van der Waals surface area contributed by atoms with Crippen molar-refractivity contribution >= 4 is 29.0 Å². The van der Waals surface area contributed by atoms with Gasteiger partial charge in [-0.15, -0.1) is 21.5 Å². The second-order valence-corrected chi connectivity index (χ2v) is 11.0. The first kappa shape index (κ1) is 21.2. The van der Waals surface area contributed by atoms with E-state index in [1.54, 1.807) is 6.26 Å². The molecule has 1 aliphatic rings. The first-order valence-electron chi connectivity index (χ1n) is 10.2. The lowest BCUT2D eigenvalue weighted by Gasteiger charge is -2.33. The Morgan fingerprint density at radius 2 is 2.23 bits per heavy atom. The molecule has 0 saturated carbocycles. The summed E-state index contributed by atoms with van der Waals surface area (Å²) >= 11 is 3.24. The van der Waals surface area contributed by atoms with Gasteiger partial charge in [0.05, 0.1) is 23.4 Å². The molecule has 3 aromatic rings. The number of nitrogens with one attached hydrogen (secondary N) is 1. The molecule has 1 unspecified atom stereocenters. The number of thioether (sulfide) groups is 1. The first-order valence-corrected chi connectivity index (χ1v) is 12.0. The van der Waals surface area contributed by atoms with E-state index in [4.69, 9.17) is 4.42 Å². The minimum atomic E-state index is -0.0549. The highest BCUT2D eigenvalue weighted by molar-refractivity contribution is 7.99. The van der Waals surface area contributed by atoms with Gasteiger partial charge in [0.15, 0.2) is 11.0 Å². The first-order chi connectivity index (χ1) is 14.3. The average Bonchev–Trinajstić information content (AvgIpc) is 3.43. The van der Waals surface area contributed by atoms with Crippen molar-refractivity contribution < 1.29 is 9.21 Å². The molecule has 1 aliphatic carbocycles. The molecule has 0 radical (unpaired) electrons. The van der Waals surface area contributed by atoms with Gasteiger partial charge in [-0.25, -0.2) is 0 Å². The molecule has 0 bridgehead atoms. The zero-order valence-corrected chi connectivity index (χ0v) is 19.5. The van der Waals surface area contributed by atoms with Crippen LogP contribution >= 0.6 is 23.1 Å². The van der Waals surface area contributed by atoms with Crippen LogP contribution in [0.4, 0.5) is 0 Å². The summed E-state index contributed by atoms with van der Waals surface area (Å²) in [5.41, 5.74) is 1.81. The Hall–Kier alpha value is -2.06. The maximum atomic E-state index is 12.1. The molecule has 0 aliphatic heterocycles. The van der Waals surface area contributed by atoms with Crippen LogP contribution in [0.3, 0.4) is 0 Å². The number of carbonyl (C=O) groups is 1. The van der Waals surface area contributed by atoms with Crippen molar-refractivity contribution in [2.24, 2.45) is 18.4 Å². The van der Waals surface area contributed by atoms with Gasteiger partial charge in [-0.3, -0.25) is 4.79 Å². The Morgan fingerprint density at radius 3 is 2.97 bits per heavy atom. The van der Waals surface area contributed by atoms with Gasteiger partial charge in [0.1, 0.15) is 5.76 Å². The van der Waals surface area contributed by atoms with Crippen molar-refractivity contribution in [3.8, 4) is 10.7 Å². The summed E-state index contributed by atoms with van der Waals surface area (Å²) in [6, 6.07) is 5.95. The van der Waals surface area contributed by atoms with E-state index in [0.29, 0.717) is 17.7 Å². The third-order valence-electron chi connectivity index (χ3n) is 5.74. The van der Waals surface area contributed by atoms with Gasteiger partial charge in [-0.1, -0.05) is 32.5 Å². The van der Waals surface area contributed by atoms with Crippen molar-refractivity contribution in [2.75, 3.05) is 5.75 Å². The molecule has 3 aromatic heterocycles. The van der Waals surface area contributed by atoms with E-state index < -0.39 is 0 Å². The smallest absolute Gasteiger partial charge is 0.230 e. The Bertz CT molecular complexity index is 1010. The molecular weight excluding hydrogens is 416 g/mol. The molecular formula is C22H28N4O2S2. The minimum absolute atomic E-state index is 0.0549. The monoisotopic (exact) mass is 444 g/mol. The summed E-state index contributed by atoms with van der Waals surface area (Å²) in [5.74, 6) is 2.57. The van der Waals surface area contributed by atoms with Crippen LogP contribution < -0.4 is 5.32 Å². The molecule has 160 valence electrons. The third-order valence-corrected chi connectivity index (χ3v) is 7.99. The SMILES string of the molecule is Cn1c(SCC(=O)NCc2ccco2)nnc1-c1cc2c(s1)CCC(C(C)(C)C)C2. The highest BCUT2D eigenvalue weighted by atomic mass is 32.2. The van der Waals surface area contributed by atoms with E-state index >= 15 is 0 Å². The molecule has 3 heterocycles. The fourth-order valence-corrected chi connectivity index (χ4v) is 5.78. The van der Waals surface area contributed by atoms with Crippen LogP contribution in [0, 0.1) is 11.3 Å². The number of thiophene rings is 1. The minimum Gasteiger partial charge on any atom is -0.467 e. The van der Waals surface area contributed by atoms with Crippen LogP contribution in [0.25, 0.3) is 10.7 Å². The van der Waals surface area contributed by atoms with Gasteiger partial charge in [0, 0.05) is 11.9 Å². The number of aryl methyl sites for hydroxylation is 1. The summed E-state index contributed by atoms with van der Waals surface area (Å²) in [4.78, 5) is 14.8.